The van der Waals surface area contributed by atoms with Gasteiger partial charge >= 0.3 is 6.01 Å². The molecule has 42 valence electrons. The SMILES string of the molecule is O=[N+]([O-])c1ncno1. The maximum absolute atomic E-state index is 9.67. The number of aromatic nitrogens is 2. The average Bonchev–Trinajstić information content (AvgIpc) is 2.12. The summed E-state index contributed by atoms with van der Waals surface area (Å²) in [6, 6.07) is -0.579. The van der Waals surface area contributed by atoms with Crippen molar-refractivity contribution in [1.82, 2.24) is 10.1 Å². The molecule has 1 rings (SSSR count). The molecule has 0 radical (unpaired) electrons. The molecule has 0 atom stereocenters. The highest BCUT2D eigenvalue weighted by Crippen LogP contribution is 1.99. The van der Waals surface area contributed by atoms with Gasteiger partial charge in [0.1, 0.15) is 0 Å². The zero-order valence-corrected chi connectivity index (χ0v) is 3.64. The molecule has 0 spiro atoms. The lowest BCUT2D eigenvalue weighted by Crippen LogP contribution is -1.85. The predicted molar refractivity (Wildman–Crippen MR) is 21.0 cm³/mol. The molecule has 0 bridgehead atoms. The number of nitro groups is 1. The third kappa shape index (κ3) is 0.625. The van der Waals surface area contributed by atoms with Gasteiger partial charge in [-0.3, -0.25) is 4.52 Å². The van der Waals surface area contributed by atoms with Gasteiger partial charge in [0.05, 0.1) is 0 Å². The molecule has 0 aliphatic carbocycles. The van der Waals surface area contributed by atoms with Crippen LogP contribution in [0.5, 0.6) is 0 Å². The smallest absolute Gasteiger partial charge is 0.355 e. The third-order valence-corrected chi connectivity index (χ3v) is 0.506. The van der Waals surface area contributed by atoms with E-state index < -0.39 is 10.9 Å². The number of rotatable bonds is 1. The van der Waals surface area contributed by atoms with E-state index in [1.165, 1.54) is 0 Å². The van der Waals surface area contributed by atoms with E-state index >= 15 is 0 Å². The summed E-state index contributed by atoms with van der Waals surface area (Å²) in [6.07, 6.45) is 0.970. The maximum atomic E-state index is 9.67. The van der Waals surface area contributed by atoms with Gasteiger partial charge in [0.2, 0.25) is 0 Å². The Morgan fingerprint density at radius 1 is 1.88 bits per heavy atom. The number of nitrogens with zero attached hydrogens (tertiary/aromatic N) is 3. The van der Waals surface area contributed by atoms with Crippen molar-refractivity contribution in [3.8, 4) is 0 Å². The van der Waals surface area contributed by atoms with Crippen LogP contribution in [0.2, 0.25) is 0 Å². The Kier molecular flexibility index (Phi) is 0.918. The van der Waals surface area contributed by atoms with E-state index in [0.717, 1.165) is 6.33 Å². The molecule has 0 fully saturated rings. The first-order chi connectivity index (χ1) is 3.80. The Labute approximate surface area is 43.3 Å². The molecular formula is C2HN3O3. The molecule has 0 N–H and O–H groups in total. The Hall–Kier alpha value is -1.46. The highest BCUT2D eigenvalue weighted by atomic mass is 16.7. The predicted octanol–water partition coefficient (Wildman–Crippen LogP) is -0.0222. The second kappa shape index (κ2) is 1.57. The van der Waals surface area contributed by atoms with E-state index in [0.29, 0.717) is 0 Å². The Balaban J connectivity index is 2.93. The first-order valence-corrected chi connectivity index (χ1v) is 1.72. The topological polar surface area (TPSA) is 82.1 Å². The third-order valence-electron chi connectivity index (χ3n) is 0.506. The molecule has 6 nitrogen and oxygen atoms in total. The van der Waals surface area contributed by atoms with E-state index in [4.69, 9.17) is 0 Å². The van der Waals surface area contributed by atoms with Crippen LogP contribution in [-0.4, -0.2) is 15.1 Å². The molecule has 1 heterocycles. The van der Waals surface area contributed by atoms with Gasteiger partial charge in [0.25, 0.3) is 6.33 Å². The van der Waals surface area contributed by atoms with Crippen molar-refractivity contribution in [2.75, 3.05) is 0 Å². The molecule has 1 aromatic rings. The van der Waals surface area contributed by atoms with E-state index in [1.807, 2.05) is 0 Å². The van der Waals surface area contributed by atoms with Crippen molar-refractivity contribution >= 4 is 6.01 Å². The molecule has 0 saturated heterocycles. The van der Waals surface area contributed by atoms with Gasteiger partial charge in [-0.05, 0) is 5.16 Å². The van der Waals surface area contributed by atoms with Crippen LogP contribution in [-0.2, 0) is 0 Å². The summed E-state index contributed by atoms with van der Waals surface area (Å²) >= 11 is 0. The summed E-state index contributed by atoms with van der Waals surface area (Å²) in [5.74, 6) is 0. The molecule has 0 aliphatic heterocycles. The van der Waals surface area contributed by atoms with Gasteiger partial charge in [-0.25, -0.2) is 0 Å². The molecule has 8 heavy (non-hydrogen) atoms. The molecular weight excluding hydrogens is 114 g/mol. The van der Waals surface area contributed by atoms with E-state index in [1.54, 1.807) is 0 Å². The van der Waals surface area contributed by atoms with Crippen molar-refractivity contribution in [3.05, 3.63) is 16.4 Å². The fourth-order valence-electron chi connectivity index (χ4n) is 0.248. The van der Waals surface area contributed by atoms with E-state index in [-0.39, 0.29) is 0 Å². The summed E-state index contributed by atoms with van der Waals surface area (Å²) in [6.45, 7) is 0. The molecule has 0 unspecified atom stereocenters. The summed E-state index contributed by atoms with van der Waals surface area (Å²) in [5.41, 5.74) is 0. The minimum atomic E-state index is -0.757. The summed E-state index contributed by atoms with van der Waals surface area (Å²) in [5, 5.41) is 12.7. The summed E-state index contributed by atoms with van der Waals surface area (Å²) in [4.78, 5) is 12.1. The molecule has 0 saturated carbocycles. The van der Waals surface area contributed by atoms with Gasteiger partial charge in [0, 0.05) is 9.91 Å². The second-order valence-electron chi connectivity index (χ2n) is 0.981. The zero-order chi connectivity index (χ0) is 5.98. The monoisotopic (exact) mass is 115 g/mol. The molecule has 0 amide bonds. The fourth-order valence-corrected chi connectivity index (χ4v) is 0.248. The summed E-state index contributed by atoms with van der Waals surface area (Å²) < 4.78 is 4.03. The van der Waals surface area contributed by atoms with Crippen LogP contribution in [0.4, 0.5) is 6.01 Å². The Morgan fingerprint density at radius 3 is 2.88 bits per heavy atom. The number of hydrogen-bond donors (Lipinski definition) is 0. The second-order valence-corrected chi connectivity index (χ2v) is 0.981. The minimum absolute atomic E-state index is 0.579. The molecule has 6 heteroatoms. The minimum Gasteiger partial charge on any atom is -0.355 e. The molecule has 0 aromatic carbocycles. The Morgan fingerprint density at radius 2 is 2.62 bits per heavy atom. The van der Waals surface area contributed by atoms with Crippen LogP contribution in [0, 0.1) is 10.1 Å². The van der Waals surface area contributed by atoms with Crippen LogP contribution in [0.15, 0.2) is 10.9 Å². The lowest BCUT2D eigenvalue weighted by molar-refractivity contribution is -0.408. The fraction of sp³-hybridized carbons (Fsp3) is 0. The van der Waals surface area contributed by atoms with E-state index in [2.05, 4.69) is 14.7 Å². The first-order valence-electron chi connectivity index (χ1n) is 1.72. The van der Waals surface area contributed by atoms with Crippen molar-refractivity contribution in [3.63, 3.8) is 0 Å². The zero-order valence-electron chi connectivity index (χ0n) is 3.64. The molecule has 1 aromatic heterocycles. The van der Waals surface area contributed by atoms with Crippen LogP contribution >= 0.6 is 0 Å². The number of hydrogen-bond acceptors (Lipinski definition) is 5. The maximum Gasteiger partial charge on any atom is 0.568 e. The van der Waals surface area contributed by atoms with Crippen molar-refractivity contribution in [1.29, 1.82) is 0 Å². The normalized spacial score (nSPS) is 9.00. The van der Waals surface area contributed by atoms with Gasteiger partial charge in [0.15, 0.2) is 0 Å². The first kappa shape index (κ1) is 4.69. The van der Waals surface area contributed by atoms with E-state index in [9.17, 15) is 10.1 Å². The standard InChI is InChI=1S/C2HN3O3/c6-5(7)2-3-1-4-8-2/h1H. The quantitative estimate of drug-likeness (QED) is 0.379. The largest absolute Gasteiger partial charge is 0.568 e. The van der Waals surface area contributed by atoms with Crippen molar-refractivity contribution in [2.24, 2.45) is 0 Å². The lowest BCUT2D eigenvalue weighted by Gasteiger charge is -1.77. The van der Waals surface area contributed by atoms with Gasteiger partial charge in [-0.2, -0.15) is 0 Å². The Bertz CT molecular complexity index is 180. The highest BCUT2D eigenvalue weighted by molar-refractivity contribution is 4.88. The van der Waals surface area contributed by atoms with Crippen molar-refractivity contribution in [2.45, 2.75) is 0 Å². The average molecular weight is 115 g/mol. The summed E-state index contributed by atoms with van der Waals surface area (Å²) in [7, 11) is 0. The van der Waals surface area contributed by atoms with Crippen LogP contribution in [0.25, 0.3) is 0 Å². The van der Waals surface area contributed by atoms with Crippen LogP contribution in [0.3, 0.4) is 0 Å². The van der Waals surface area contributed by atoms with Gasteiger partial charge in [-0.15, -0.1) is 0 Å². The highest BCUT2D eigenvalue weighted by Gasteiger charge is 2.09. The van der Waals surface area contributed by atoms with Gasteiger partial charge < -0.3 is 10.1 Å². The molecule has 0 aliphatic rings. The lowest BCUT2D eigenvalue weighted by atomic mass is 11.1. The van der Waals surface area contributed by atoms with Crippen LogP contribution < -0.4 is 0 Å². The van der Waals surface area contributed by atoms with Crippen molar-refractivity contribution < 1.29 is 9.45 Å². The van der Waals surface area contributed by atoms with Gasteiger partial charge in [-0.1, -0.05) is 0 Å². The van der Waals surface area contributed by atoms with Crippen LogP contribution in [0.1, 0.15) is 0 Å².